The fraction of sp³-hybridized carbons (Fsp3) is 0.176. The van der Waals surface area contributed by atoms with Gasteiger partial charge in [-0.05, 0) is 39.8 Å². The second kappa shape index (κ2) is 3.79. The van der Waals surface area contributed by atoms with Crippen molar-refractivity contribution in [3.8, 4) is 0 Å². The van der Waals surface area contributed by atoms with Gasteiger partial charge < -0.3 is 5.32 Å². The highest BCUT2D eigenvalue weighted by Crippen LogP contribution is 2.44. The SMILES string of the molecule is O=C1C=CC23CNC(=O)CC2=c2ccccc2=CC3=C1. The molecule has 1 unspecified atom stereocenters. The van der Waals surface area contributed by atoms with Gasteiger partial charge in [-0.1, -0.05) is 30.3 Å². The van der Waals surface area contributed by atoms with Crippen molar-refractivity contribution in [3.05, 3.63) is 58.5 Å². The summed E-state index contributed by atoms with van der Waals surface area (Å²) in [5.41, 5.74) is 1.75. The Kier molecular flexibility index (Phi) is 2.16. The molecule has 1 spiro atoms. The fourth-order valence-electron chi connectivity index (χ4n) is 3.38. The van der Waals surface area contributed by atoms with E-state index in [1.807, 2.05) is 24.3 Å². The predicted octanol–water partition coefficient (Wildman–Crippen LogP) is 0.203. The molecule has 3 aliphatic rings. The van der Waals surface area contributed by atoms with E-state index >= 15 is 0 Å². The first-order valence-corrected chi connectivity index (χ1v) is 6.72. The van der Waals surface area contributed by atoms with Crippen LogP contribution in [-0.4, -0.2) is 18.2 Å². The van der Waals surface area contributed by atoms with Gasteiger partial charge in [0.15, 0.2) is 5.78 Å². The molecule has 1 N–H and O–H groups in total. The third-order valence-electron chi connectivity index (χ3n) is 4.38. The van der Waals surface area contributed by atoms with Gasteiger partial charge in [0.25, 0.3) is 0 Å². The fourth-order valence-corrected chi connectivity index (χ4v) is 3.38. The van der Waals surface area contributed by atoms with Crippen molar-refractivity contribution in [1.29, 1.82) is 0 Å². The van der Waals surface area contributed by atoms with Crippen molar-refractivity contribution in [1.82, 2.24) is 5.32 Å². The normalized spacial score (nSPS) is 26.8. The van der Waals surface area contributed by atoms with Crippen molar-refractivity contribution in [2.45, 2.75) is 6.42 Å². The number of ketones is 1. The summed E-state index contributed by atoms with van der Waals surface area (Å²) in [5.74, 6) is 0.0597. The Hall–Kier alpha value is -2.42. The van der Waals surface area contributed by atoms with E-state index in [4.69, 9.17) is 0 Å². The van der Waals surface area contributed by atoms with E-state index in [0.29, 0.717) is 13.0 Å². The average Bonchev–Trinajstić information content (AvgIpc) is 2.46. The van der Waals surface area contributed by atoms with Crippen molar-refractivity contribution >= 4 is 23.3 Å². The minimum absolute atomic E-state index is 0.0116. The highest BCUT2D eigenvalue weighted by Gasteiger charge is 2.42. The number of nitrogens with one attached hydrogen (secondary N) is 1. The van der Waals surface area contributed by atoms with Crippen LogP contribution in [0.25, 0.3) is 11.6 Å². The number of hydrogen-bond acceptors (Lipinski definition) is 2. The molecular formula is C17H13NO2. The van der Waals surface area contributed by atoms with Gasteiger partial charge in [-0.2, -0.15) is 0 Å². The summed E-state index contributed by atoms with van der Waals surface area (Å²) in [4.78, 5) is 23.5. The Morgan fingerprint density at radius 2 is 1.95 bits per heavy atom. The van der Waals surface area contributed by atoms with Gasteiger partial charge in [-0.25, -0.2) is 0 Å². The molecule has 1 heterocycles. The van der Waals surface area contributed by atoms with Crippen molar-refractivity contribution in [2.24, 2.45) is 5.41 Å². The van der Waals surface area contributed by atoms with Crippen LogP contribution in [0.2, 0.25) is 0 Å². The third-order valence-corrected chi connectivity index (χ3v) is 4.38. The molecule has 1 aliphatic heterocycles. The molecule has 4 rings (SSSR count). The van der Waals surface area contributed by atoms with Gasteiger partial charge in [0.05, 0.1) is 5.41 Å². The van der Waals surface area contributed by atoms with Crippen LogP contribution in [0.1, 0.15) is 6.42 Å². The highest BCUT2D eigenvalue weighted by atomic mass is 16.1. The maximum Gasteiger partial charge on any atom is 0.224 e. The lowest BCUT2D eigenvalue weighted by molar-refractivity contribution is -0.121. The molecule has 1 aromatic carbocycles. The zero-order chi connectivity index (χ0) is 13.7. The van der Waals surface area contributed by atoms with E-state index in [2.05, 4.69) is 17.5 Å². The van der Waals surface area contributed by atoms with Crippen LogP contribution < -0.4 is 15.8 Å². The number of allylic oxidation sites excluding steroid dienone is 2. The van der Waals surface area contributed by atoms with Crippen LogP contribution in [0.4, 0.5) is 0 Å². The van der Waals surface area contributed by atoms with Gasteiger partial charge in [0.2, 0.25) is 5.91 Å². The molecule has 0 radical (unpaired) electrons. The molecule has 0 bridgehead atoms. The molecule has 0 aromatic heterocycles. The van der Waals surface area contributed by atoms with Gasteiger partial charge in [-0.15, -0.1) is 0 Å². The molecule has 1 atom stereocenters. The van der Waals surface area contributed by atoms with E-state index < -0.39 is 0 Å². The summed E-state index contributed by atoms with van der Waals surface area (Å²) >= 11 is 0. The molecule has 0 saturated carbocycles. The summed E-state index contributed by atoms with van der Waals surface area (Å²) in [6.45, 7) is 0.529. The van der Waals surface area contributed by atoms with E-state index in [-0.39, 0.29) is 17.1 Å². The number of piperidine rings is 1. The molecular weight excluding hydrogens is 250 g/mol. The number of carbonyl (C=O) groups excluding carboxylic acids is 2. The summed E-state index contributed by atoms with van der Waals surface area (Å²) in [6, 6.07) is 8.06. The minimum atomic E-state index is -0.337. The number of fused-ring (bicyclic) bond motifs is 1. The Balaban J connectivity index is 2.12. The van der Waals surface area contributed by atoms with Gasteiger partial charge >= 0.3 is 0 Å². The molecule has 1 amide bonds. The first kappa shape index (κ1) is 11.4. The number of hydrogen-bond donors (Lipinski definition) is 1. The van der Waals surface area contributed by atoms with Crippen molar-refractivity contribution in [2.75, 3.05) is 6.54 Å². The Morgan fingerprint density at radius 3 is 2.85 bits per heavy atom. The Bertz CT molecular complexity index is 829. The molecule has 3 nitrogen and oxygen atoms in total. The lowest BCUT2D eigenvalue weighted by Gasteiger charge is -2.41. The zero-order valence-corrected chi connectivity index (χ0v) is 10.8. The first-order valence-electron chi connectivity index (χ1n) is 6.72. The molecule has 2 aliphatic carbocycles. The van der Waals surface area contributed by atoms with Crippen LogP contribution in [0.15, 0.2) is 48.1 Å². The summed E-state index contributed by atoms with van der Waals surface area (Å²) < 4.78 is 0. The monoisotopic (exact) mass is 263 g/mol. The molecule has 3 heteroatoms. The van der Waals surface area contributed by atoms with Gasteiger partial charge in [0, 0.05) is 13.0 Å². The third kappa shape index (κ3) is 1.40. The number of carbonyl (C=O) groups is 2. The van der Waals surface area contributed by atoms with Crippen LogP contribution in [0.3, 0.4) is 0 Å². The maximum atomic E-state index is 11.8. The average molecular weight is 263 g/mol. The minimum Gasteiger partial charge on any atom is -0.354 e. The highest BCUT2D eigenvalue weighted by molar-refractivity contribution is 6.05. The van der Waals surface area contributed by atoms with Gasteiger partial charge in [-0.3, -0.25) is 9.59 Å². The molecule has 20 heavy (non-hydrogen) atoms. The van der Waals surface area contributed by atoms with Crippen LogP contribution in [0.5, 0.6) is 0 Å². The predicted molar refractivity (Wildman–Crippen MR) is 75.9 cm³/mol. The largest absolute Gasteiger partial charge is 0.354 e. The Morgan fingerprint density at radius 1 is 1.10 bits per heavy atom. The number of amides is 1. The number of rotatable bonds is 0. The maximum absolute atomic E-state index is 11.8. The molecule has 1 fully saturated rings. The first-order chi connectivity index (χ1) is 9.69. The summed E-state index contributed by atoms with van der Waals surface area (Å²) in [6.07, 6.45) is 7.71. The summed E-state index contributed by atoms with van der Waals surface area (Å²) in [7, 11) is 0. The zero-order valence-electron chi connectivity index (χ0n) is 10.8. The quantitative estimate of drug-likeness (QED) is 0.727. The number of benzene rings is 1. The molecule has 1 saturated heterocycles. The second-order valence-electron chi connectivity index (χ2n) is 5.47. The topological polar surface area (TPSA) is 46.2 Å². The van der Waals surface area contributed by atoms with E-state index in [0.717, 1.165) is 21.6 Å². The van der Waals surface area contributed by atoms with Crippen LogP contribution >= 0.6 is 0 Å². The Labute approximate surface area is 116 Å². The van der Waals surface area contributed by atoms with Crippen molar-refractivity contribution in [3.63, 3.8) is 0 Å². The molecule has 98 valence electrons. The summed E-state index contributed by atoms with van der Waals surface area (Å²) in [5, 5.41) is 5.14. The van der Waals surface area contributed by atoms with E-state index in [1.54, 1.807) is 12.2 Å². The van der Waals surface area contributed by atoms with Crippen LogP contribution in [0, 0.1) is 5.41 Å². The van der Waals surface area contributed by atoms with Gasteiger partial charge in [0.1, 0.15) is 0 Å². The van der Waals surface area contributed by atoms with E-state index in [9.17, 15) is 9.59 Å². The smallest absolute Gasteiger partial charge is 0.224 e. The molecule has 1 aromatic rings. The van der Waals surface area contributed by atoms with E-state index in [1.165, 1.54) is 0 Å². The second-order valence-corrected chi connectivity index (χ2v) is 5.47. The standard InChI is InChI=1S/C17H13NO2/c19-13-5-6-17-10-18-16(20)9-15(17)14-4-2-1-3-11(14)7-12(17)8-13/h1-8H,9-10H2,(H,18,20). The van der Waals surface area contributed by atoms with Crippen LogP contribution in [-0.2, 0) is 9.59 Å². The lowest BCUT2D eigenvalue weighted by atomic mass is 9.65. The van der Waals surface area contributed by atoms with Crippen molar-refractivity contribution < 1.29 is 9.59 Å². The lowest BCUT2D eigenvalue weighted by Crippen LogP contribution is -2.51.